The Balaban J connectivity index is 1.21. The van der Waals surface area contributed by atoms with Gasteiger partial charge in [-0.05, 0) is 81.4 Å². The van der Waals surface area contributed by atoms with Crippen LogP contribution in [0.2, 0.25) is 5.54 Å². The second-order valence-electron chi connectivity index (χ2n) is 19.3. The summed E-state index contributed by atoms with van der Waals surface area (Å²) in [5, 5.41) is 5.38. The Morgan fingerprint density at radius 3 is 2.61 bits per heavy atom. The predicted molar refractivity (Wildman–Crippen MR) is 263 cm³/mol. The lowest BCUT2D eigenvalue weighted by Gasteiger charge is -2.45. The monoisotopic (exact) mass is 953 g/mol. The molecule has 6 bridgehead atoms. The molecule has 4 aromatic rings. The van der Waals surface area contributed by atoms with Gasteiger partial charge in [-0.15, -0.1) is 11.3 Å². The highest BCUT2D eigenvalue weighted by molar-refractivity contribution is 7.10. The van der Waals surface area contributed by atoms with Gasteiger partial charge in [0.25, 0.3) is 0 Å². The second-order valence-corrected chi connectivity index (χ2v) is 22.0. The maximum atomic E-state index is 14.6. The molecule has 0 saturated carbocycles. The van der Waals surface area contributed by atoms with Crippen LogP contribution in [-0.4, -0.2) is 139 Å². The maximum absolute atomic E-state index is 14.6. The minimum Gasteiger partial charge on any atom is -0.464 e. The summed E-state index contributed by atoms with van der Waals surface area (Å²) in [4.78, 5) is 86.6. The number of carbonyl (C=O) groups is 5. The molecule has 18 heteroatoms. The number of amides is 5. The zero-order valence-corrected chi connectivity index (χ0v) is 42.7. The van der Waals surface area contributed by atoms with Crippen molar-refractivity contribution in [3.05, 3.63) is 70.8 Å². The minimum absolute atomic E-state index is 0.152. The molecule has 1 aromatic carbocycles. The Hall–Kier alpha value is -5.43. The molecular weight excluding hydrogens is 887 g/mol. The van der Waals surface area contributed by atoms with E-state index < -0.39 is 38.7 Å². The highest BCUT2D eigenvalue weighted by Gasteiger charge is 2.41. The van der Waals surface area contributed by atoms with Crippen molar-refractivity contribution < 1.29 is 33.4 Å². The molecule has 16 nitrogen and oxygen atoms in total. The molecule has 360 valence electrons. The number of aromatic nitrogens is 3. The number of aryl methyl sites for hydroxylation is 1. The van der Waals surface area contributed by atoms with E-state index >= 15 is 0 Å². The average molecular weight is 954 g/mol. The third kappa shape index (κ3) is 10.5. The van der Waals surface area contributed by atoms with Crippen LogP contribution < -0.4 is 10.4 Å². The summed E-state index contributed by atoms with van der Waals surface area (Å²) < 4.78 is 14.3. The number of benzene rings is 1. The largest absolute Gasteiger partial charge is 0.464 e. The molecule has 2 fully saturated rings. The topological polar surface area (TPSA) is 172 Å². The number of esters is 1. The molecule has 0 radical (unpaired) electrons. The lowest BCUT2D eigenvalue weighted by atomic mass is 9.84. The third-order valence-electron chi connectivity index (χ3n) is 13.5. The quantitative estimate of drug-likeness (QED) is 0.105. The fourth-order valence-corrected chi connectivity index (χ4v) is 12.3. The summed E-state index contributed by atoms with van der Waals surface area (Å²) in [7, 11) is 3.28. The Labute approximate surface area is 400 Å². The number of urea groups is 1. The van der Waals surface area contributed by atoms with Crippen LogP contribution in [0.1, 0.15) is 83.2 Å². The summed E-state index contributed by atoms with van der Waals surface area (Å²) >= 11 is 1.48. The summed E-state index contributed by atoms with van der Waals surface area (Å²) in [6.45, 7) is 17.8. The molecule has 2 N–H and O–H groups in total. The molecule has 3 aliphatic rings. The van der Waals surface area contributed by atoms with Crippen molar-refractivity contribution in [2.45, 2.75) is 110 Å². The molecular formula is C49H67N9O7SSi. The maximum Gasteiger partial charge on any atom is 0.324 e. The fraction of sp³-hybridized carbons (Fsp3) is 0.531. The summed E-state index contributed by atoms with van der Waals surface area (Å²) in [6.07, 6.45) is 5.52. The van der Waals surface area contributed by atoms with Crippen LogP contribution in [0.3, 0.4) is 0 Å². The van der Waals surface area contributed by atoms with E-state index in [1.165, 1.54) is 32.2 Å². The minimum atomic E-state index is -1.72. The van der Waals surface area contributed by atoms with Crippen LogP contribution in [0.25, 0.3) is 33.4 Å². The molecule has 5 atom stereocenters. The SMILES string of the molecule is C=CC(=O)N(C)CC1CCN1C(=O)N(C)[C@H](C(=O)N[SiH2][C@H]1Cc2nc(cs2)-c2ccc3c(c2)c(c(-c2cccnc2[C@H](C)OC)n3CC)CC(C)(C)COC(=O)[C@@H]2CCCN(N2)C1=O)C(C)C. The molecule has 3 aliphatic heterocycles. The summed E-state index contributed by atoms with van der Waals surface area (Å²) in [5.41, 5.74) is 8.88. The number of ether oxygens (including phenoxy) is 2. The van der Waals surface area contributed by atoms with Gasteiger partial charge in [0.15, 0.2) is 0 Å². The molecule has 3 aromatic heterocycles. The fourth-order valence-electron chi connectivity index (χ4n) is 9.70. The average Bonchev–Trinajstić information content (AvgIpc) is 3.91. The molecule has 67 heavy (non-hydrogen) atoms. The molecule has 0 spiro atoms. The van der Waals surface area contributed by atoms with E-state index in [4.69, 9.17) is 19.4 Å². The third-order valence-corrected chi connectivity index (χ3v) is 16.1. The second kappa shape index (κ2) is 20.8. The van der Waals surface area contributed by atoms with Gasteiger partial charge in [0.1, 0.15) is 21.8 Å². The Bertz CT molecular complexity index is 2510. The number of hydrogen-bond acceptors (Lipinski definition) is 11. The van der Waals surface area contributed by atoms with Crippen LogP contribution in [0.15, 0.2) is 54.6 Å². The number of thiazole rings is 1. The van der Waals surface area contributed by atoms with E-state index in [9.17, 15) is 24.0 Å². The van der Waals surface area contributed by atoms with Gasteiger partial charge in [-0.3, -0.25) is 29.2 Å². The van der Waals surface area contributed by atoms with Gasteiger partial charge in [0.05, 0.1) is 46.4 Å². The predicted octanol–water partition coefficient (Wildman–Crippen LogP) is 5.50. The van der Waals surface area contributed by atoms with Crippen LogP contribution in [0, 0.1) is 11.3 Å². The smallest absolute Gasteiger partial charge is 0.324 e. The first-order valence-corrected chi connectivity index (χ1v) is 25.9. The van der Waals surface area contributed by atoms with Crippen molar-refractivity contribution in [2.75, 3.05) is 47.4 Å². The highest BCUT2D eigenvalue weighted by Crippen LogP contribution is 2.42. The highest BCUT2D eigenvalue weighted by atomic mass is 32.1. The van der Waals surface area contributed by atoms with Gasteiger partial charge in [-0.2, -0.15) is 0 Å². The number of methoxy groups -OCH3 is 1. The number of fused-ring (bicyclic) bond motifs is 6. The van der Waals surface area contributed by atoms with Crippen LogP contribution in [-0.2, 0) is 48.0 Å². The molecule has 5 amide bonds. The van der Waals surface area contributed by atoms with Gasteiger partial charge in [-0.1, -0.05) is 40.3 Å². The Morgan fingerprint density at radius 2 is 1.93 bits per heavy atom. The number of rotatable bonds is 12. The van der Waals surface area contributed by atoms with Gasteiger partial charge < -0.3 is 33.7 Å². The van der Waals surface area contributed by atoms with E-state index in [-0.39, 0.29) is 54.8 Å². The van der Waals surface area contributed by atoms with Crippen LogP contribution in [0.5, 0.6) is 0 Å². The van der Waals surface area contributed by atoms with Crippen molar-refractivity contribution in [1.82, 2.24) is 44.7 Å². The summed E-state index contributed by atoms with van der Waals surface area (Å²) in [5.74, 6) is -1.42. The molecule has 1 unspecified atom stereocenters. The zero-order chi connectivity index (χ0) is 48.3. The lowest BCUT2D eigenvalue weighted by molar-refractivity contribution is -0.154. The van der Waals surface area contributed by atoms with Crippen molar-refractivity contribution in [3.63, 3.8) is 0 Å². The van der Waals surface area contributed by atoms with Gasteiger partial charge in [0, 0.05) is 92.8 Å². The number of likely N-dealkylation sites (N-methyl/N-ethyl adjacent to an activating group) is 2. The normalized spacial score (nSPS) is 20.8. The van der Waals surface area contributed by atoms with E-state index in [0.717, 1.165) is 56.1 Å². The number of hydrazine groups is 1. The molecule has 6 heterocycles. The van der Waals surface area contributed by atoms with Gasteiger partial charge in [-0.25, -0.2) is 15.2 Å². The van der Waals surface area contributed by atoms with Crippen molar-refractivity contribution in [1.29, 1.82) is 0 Å². The van der Waals surface area contributed by atoms with Crippen molar-refractivity contribution >= 4 is 61.6 Å². The number of pyridine rings is 1. The molecule has 0 aliphatic carbocycles. The molecule has 2 saturated heterocycles. The Morgan fingerprint density at radius 1 is 1.15 bits per heavy atom. The van der Waals surface area contributed by atoms with E-state index in [1.54, 1.807) is 32.3 Å². The number of carbonyl (C=O) groups excluding carboxylic acids is 5. The van der Waals surface area contributed by atoms with Gasteiger partial charge in [0.2, 0.25) is 17.7 Å². The van der Waals surface area contributed by atoms with Crippen molar-refractivity contribution in [2.24, 2.45) is 11.3 Å². The zero-order valence-electron chi connectivity index (χ0n) is 40.5. The number of likely N-dealkylation sites (tertiary alicyclic amines) is 1. The number of cyclic esters (lactones) is 1. The number of nitrogens with zero attached hydrogens (tertiary/aromatic N) is 7. The summed E-state index contributed by atoms with van der Waals surface area (Å²) in [6, 6.07) is 8.50. The van der Waals surface area contributed by atoms with E-state index in [0.29, 0.717) is 45.4 Å². The van der Waals surface area contributed by atoms with Crippen molar-refractivity contribution in [3.8, 4) is 22.5 Å². The number of hydrogen-bond donors (Lipinski definition) is 2. The molecule has 7 rings (SSSR count). The van der Waals surface area contributed by atoms with Gasteiger partial charge >= 0.3 is 12.0 Å². The Kier molecular flexibility index (Phi) is 15.4. The van der Waals surface area contributed by atoms with Crippen LogP contribution in [0.4, 0.5) is 4.79 Å². The first-order valence-electron chi connectivity index (χ1n) is 23.5. The number of nitrogens with one attached hydrogen (secondary N) is 2. The van der Waals surface area contributed by atoms with Crippen LogP contribution >= 0.6 is 11.3 Å². The first kappa shape index (κ1) is 49.5. The van der Waals surface area contributed by atoms with E-state index in [2.05, 4.69) is 66.6 Å². The van der Waals surface area contributed by atoms with E-state index in [1.807, 2.05) is 32.2 Å². The standard InChI is InChI=1S/C49H67N9O7SSi/c1-11-41(59)54(8)26-32-19-22-57(32)48(63)55(9)43(29(3)4)45(60)53-67-39-24-40-51-37(27-66-40)31-17-18-38-34(23-31)35(44(56(38)12-2)33-15-13-20-50-42(33)30(5)64-10)25-49(6,7)28-65-47(62)36-16-14-21-58(52-36)46(39)61/h11,13,15,17-18,20,23,27,29-30,32,36,39,43,52H,1,12,14,16,19,21-22,24-26,28,67H2,2-10H3,(H,53,60)/t30-,32?,36-,39-,43-/m0/s1. The lowest BCUT2D eigenvalue weighted by Crippen LogP contribution is -2.62. The first-order chi connectivity index (χ1) is 32.0.